The van der Waals surface area contributed by atoms with Crippen molar-refractivity contribution in [1.82, 2.24) is 10.2 Å². The van der Waals surface area contributed by atoms with Crippen molar-refractivity contribution in [2.24, 2.45) is 0 Å². The van der Waals surface area contributed by atoms with Crippen LogP contribution in [-0.2, 0) is 13.0 Å². The third-order valence-corrected chi connectivity index (χ3v) is 3.55. The Morgan fingerprint density at radius 2 is 2.21 bits per heavy atom. The Balaban J connectivity index is 2.00. The fraction of sp³-hybridized carbons (Fsp3) is 0.286. The Hall–Kier alpha value is -1.88. The third-order valence-electron chi connectivity index (χ3n) is 2.53. The summed E-state index contributed by atoms with van der Waals surface area (Å²) >= 11 is 1.59. The van der Waals surface area contributed by atoms with Crippen LogP contribution in [0.4, 0.5) is 5.13 Å². The molecule has 1 aromatic heterocycles. The van der Waals surface area contributed by atoms with Crippen LogP contribution in [-0.4, -0.2) is 16.8 Å². The summed E-state index contributed by atoms with van der Waals surface area (Å²) in [4.78, 5) is 0. The van der Waals surface area contributed by atoms with Crippen molar-refractivity contribution in [3.63, 3.8) is 0 Å². The zero-order valence-electron chi connectivity index (χ0n) is 10.9. The molecule has 0 amide bonds. The van der Waals surface area contributed by atoms with Crippen LogP contribution in [0.3, 0.4) is 0 Å². The predicted molar refractivity (Wildman–Crippen MR) is 78.7 cm³/mol. The van der Waals surface area contributed by atoms with Crippen molar-refractivity contribution < 1.29 is 4.74 Å². The number of benzene rings is 1. The van der Waals surface area contributed by atoms with E-state index in [1.165, 1.54) is 0 Å². The first-order valence-electron chi connectivity index (χ1n) is 6.21. The van der Waals surface area contributed by atoms with E-state index in [2.05, 4.69) is 29.0 Å². The van der Waals surface area contributed by atoms with Crippen LogP contribution < -0.4 is 10.1 Å². The molecule has 0 atom stereocenters. The molecule has 2 aromatic rings. The number of aromatic nitrogens is 2. The number of ether oxygens (including phenoxy) is 1. The van der Waals surface area contributed by atoms with Gasteiger partial charge < -0.3 is 10.1 Å². The molecule has 100 valence electrons. The van der Waals surface area contributed by atoms with E-state index in [-0.39, 0.29) is 0 Å². The van der Waals surface area contributed by atoms with Crippen LogP contribution in [0.15, 0.2) is 36.9 Å². The zero-order valence-corrected chi connectivity index (χ0v) is 11.7. The fourth-order valence-corrected chi connectivity index (χ4v) is 2.25. The highest BCUT2D eigenvalue weighted by Gasteiger charge is 2.05. The van der Waals surface area contributed by atoms with Crippen LogP contribution in [0.5, 0.6) is 5.75 Å². The maximum absolute atomic E-state index is 5.61. The summed E-state index contributed by atoms with van der Waals surface area (Å²) in [5.41, 5.74) is 1.09. The second-order valence-electron chi connectivity index (χ2n) is 3.92. The smallest absolute Gasteiger partial charge is 0.205 e. The van der Waals surface area contributed by atoms with Crippen LogP contribution in [0.2, 0.25) is 0 Å². The fourth-order valence-electron chi connectivity index (χ4n) is 1.58. The van der Waals surface area contributed by atoms with Gasteiger partial charge in [-0.25, -0.2) is 0 Å². The van der Waals surface area contributed by atoms with Crippen LogP contribution in [0, 0.1) is 0 Å². The van der Waals surface area contributed by atoms with Gasteiger partial charge in [-0.2, -0.15) is 0 Å². The lowest BCUT2D eigenvalue weighted by molar-refractivity contribution is 0.359. The van der Waals surface area contributed by atoms with Gasteiger partial charge in [0, 0.05) is 12.1 Å². The molecule has 1 aromatic carbocycles. The minimum absolute atomic E-state index is 0.510. The van der Waals surface area contributed by atoms with Gasteiger partial charge in [-0.1, -0.05) is 49.1 Å². The average Bonchev–Trinajstić information content (AvgIpc) is 2.91. The van der Waals surface area contributed by atoms with Gasteiger partial charge in [-0.15, -0.1) is 10.2 Å². The third kappa shape index (κ3) is 3.79. The number of rotatable bonds is 7. The van der Waals surface area contributed by atoms with E-state index in [4.69, 9.17) is 4.74 Å². The number of hydrogen-bond donors (Lipinski definition) is 1. The number of para-hydroxylation sites is 1. The molecule has 2 rings (SSSR count). The molecule has 4 nitrogen and oxygen atoms in total. The number of nitrogens with one attached hydrogen (secondary N) is 1. The van der Waals surface area contributed by atoms with E-state index in [0.29, 0.717) is 13.2 Å². The van der Waals surface area contributed by atoms with Gasteiger partial charge in [0.2, 0.25) is 5.13 Å². The maximum Gasteiger partial charge on any atom is 0.205 e. The molecule has 1 N–H and O–H groups in total. The van der Waals surface area contributed by atoms with E-state index in [1.807, 2.05) is 24.3 Å². The van der Waals surface area contributed by atoms with E-state index < -0.39 is 0 Å². The number of nitrogens with zero attached hydrogens (tertiary/aromatic N) is 2. The first-order chi connectivity index (χ1) is 9.33. The molecule has 0 aliphatic heterocycles. The predicted octanol–water partition coefficient (Wildman–Crippen LogP) is 3.28. The lowest BCUT2D eigenvalue weighted by atomic mass is 10.2. The molecule has 19 heavy (non-hydrogen) atoms. The van der Waals surface area contributed by atoms with Gasteiger partial charge in [0.05, 0.1) is 0 Å². The number of hydrogen-bond acceptors (Lipinski definition) is 5. The lowest BCUT2D eigenvalue weighted by Crippen LogP contribution is -2.03. The number of aryl methyl sites for hydroxylation is 1. The summed E-state index contributed by atoms with van der Waals surface area (Å²) in [6.07, 6.45) is 2.65. The Bertz CT molecular complexity index is 539. The molecule has 0 saturated heterocycles. The first-order valence-corrected chi connectivity index (χ1v) is 7.03. The maximum atomic E-state index is 5.61. The summed E-state index contributed by atoms with van der Waals surface area (Å²) < 4.78 is 5.61. The second-order valence-corrected chi connectivity index (χ2v) is 4.98. The highest BCUT2D eigenvalue weighted by molar-refractivity contribution is 7.15. The van der Waals surface area contributed by atoms with Gasteiger partial charge in [0.25, 0.3) is 0 Å². The van der Waals surface area contributed by atoms with E-state index in [0.717, 1.165) is 27.9 Å². The summed E-state index contributed by atoms with van der Waals surface area (Å²) in [7, 11) is 0. The minimum atomic E-state index is 0.510. The van der Waals surface area contributed by atoms with Gasteiger partial charge in [-0.05, 0) is 12.5 Å². The van der Waals surface area contributed by atoms with Crippen molar-refractivity contribution >= 4 is 16.5 Å². The van der Waals surface area contributed by atoms with Crippen molar-refractivity contribution in [3.8, 4) is 5.75 Å². The summed E-state index contributed by atoms with van der Waals surface area (Å²) in [6.45, 7) is 6.91. The molecular formula is C14H17N3OS. The van der Waals surface area contributed by atoms with E-state index >= 15 is 0 Å². The molecule has 0 spiro atoms. The van der Waals surface area contributed by atoms with Gasteiger partial charge in [0.1, 0.15) is 17.4 Å². The Labute approximate surface area is 117 Å². The average molecular weight is 275 g/mol. The van der Waals surface area contributed by atoms with Crippen LogP contribution in [0.1, 0.15) is 17.5 Å². The molecule has 0 radical (unpaired) electrons. The molecule has 0 bridgehead atoms. The lowest BCUT2D eigenvalue weighted by Gasteiger charge is -2.10. The van der Waals surface area contributed by atoms with Crippen molar-refractivity contribution in [3.05, 3.63) is 47.5 Å². The van der Waals surface area contributed by atoms with E-state index in [9.17, 15) is 0 Å². The monoisotopic (exact) mass is 275 g/mol. The number of anilines is 1. The first kappa shape index (κ1) is 13.5. The molecule has 5 heteroatoms. The molecular weight excluding hydrogens is 258 g/mol. The Kier molecular flexibility index (Phi) is 4.92. The molecule has 0 fully saturated rings. The van der Waals surface area contributed by atoms with Crippen LogP contribution >= 0.6 is 11.3 Å². The Morgan fingerprint density at radius 3 is 2.95 bits per heavy atom. The van der Waals surface area contributed by atoms with Crippen LogP contribution in [0.25, 0.3) is 0 Å². The molecule has 0 aliphatic rings. The van der Waals surface area contributed by atoms with Gasteiger partial charge >= 0.3 is 0 Å². The largest absolute Gasteiger partial charge is 0.489 e. The zero-order chi connectivity index (χ0) is 13.5. The standard InChI is InChI=1S/C14H17N3OS/c1-3-9-18-12-8-6-5-7-11(12)10-15-14-17-16-13(4-2)19-14/h3,5-8H,1,4,9-10H2,2H3,(H,15,17). The van der Waals surface area contributed by atoms with Gasteiger partial charge in [-0.3, -0.25) is 0 Å². The van der Waals surface area contributed by atoms with Gasteiger partial charge in [0.15, 0.2) is 0 Å². The minimum Gasteiger partial charge on any atom is -0.489 e. The highest BCUT2D eigenvalue weighted by Crippen LogP contribution is 2.21. The molecule has 0 aliphatic carbocycles. The van der Waals surface area contributed by atoms with Crippen molar-refractivity contribution in [1.29, 1.82) is 0 Å². The Morgan fingerprint density at radius 1 is 1.37 bits per heavy atom. The topological polar surface area (TPSA) is 47.0 Å². The molecule has 0 saturated carbocycles. The SMILES string of the molecule is C=CCOc1ccccc1CNc1nnc(CC)s1. The van der Waals surface area contributed by atoms with E-state index in [1.54, 1.807) is 17.4 Å². The summed E-state index contributed by atoms with van der Waals surface area (Å²) in [5, 5.41) is 13.3. The quantitative estimate of drug-likeness (QED) is 0.788. The summed E-state index contributed by atoms with van der Waals surface area (Å²) in [5.74, 6) is 0.870. The highest BCUT2D eigenvalue weighted by atomic mass is 32.1. The molecule has 1 heterocycles. The normalized spacial score (nSPS) is 10.2. The summed E-state index contributed by atoms with van der Waals surface area (Å²) in [6, 6.07) is 7.95. The van der Waals surface area contributed by atoms with Crippen molar-refractivity contribution in [2.45, 2.75) is 19.9 Å². The van der Waals surface area contributed by atoms with Crippen molar-refractivity contribution in [2.75, 3.05) is 11.9 Å². The molecule has 0 unspecified atom stereocenters. The second kappa shape index (κ2) is 6.89.